The van der Waals surface area contributed by atoms with Gasteiger partial charge in [-0.25, -0.2) is 0 Å². The number of hydrogen-bond acceptors (Lipinski definition) is 0. The number of rotatable bonds is 2. The molecule has 3 aromatic rings. The third-order valence-corrected chi connectivity index (χ3v) is 3.54. The second-order valence-corrected chi connectivity index (χ2v) is 4.90. The number of nitrogens with zero attached hydrogens (tertiary/aromatic N) is 1. The maximum absolute atomic E-state index is 2.25. The van der Waals surface area contributed by atoms with Gasteiger partial charge in [-0.05, 0) is 36.1 Å². The van der Waals surface area contributed by atoms with Crippen LogP contribution < -0.4 is 0 Å². The van der Waals surface area contributed by atoms with Gasteiger partial charge in [-0.15, -0.1) is 0 Å². The Morgan fingerprint density at radius 1 is 0.944 bits per heavy atom. The van der Waals surface area contributed by atoms with Crippen LogP contribution in [0.1, 0.15) is 16.7 Å². The molecule has 0 saturated heterocycles. The lowest BCUT2D eigenvalue weighted by Gasteiger charge is -2.02. The van der Waals surface area contributed by atoms with E-state index >= 15 is 0 Å². The molecule has 0 aliphatic rings. The van der Waals surface area contributed by atoms with Crippen molar-refractivity contribution in [1.82, 2.24) is 4.57 Å². The molecule has 90 valence electrons. The van der Waals surface area contributed by atoms with E-state index in [0.717, 1.165) is 6.42 Å². The summed E-state index contributed by atoms with van der Waals surface area (Å²) in [6, 6.07) is 17.2. The van der Waals surface area contributed by atoms with Crippen molar-refractivity contribution in [2.24, 2.45) is 7.05 Å². The van der Waals surface area contributed by atoms with Crippen LogP contribution >= 0.6 is 0 Å². The van der Waals surface area contributed by atoms with Gasteiger partial charge in [0.1, 0.15) is 0 Å². The highest BCUT2D eigenvalue weighted by Crippen LogP contribution is 2.26. The molecule has 0 unspecified atom stereocenters. The lowest BCUT2D eigenvalue weighted by atomic mass is 10.0. The third kappa shape index (κ3) is 1.82. The Kier molecular flexibility index (Phi) is 2.67. The quantitative estimate of drug-likeness (QED) is 0.631. The summed E-state index contributed by atoms with van der Waals surface area (Å²) in [4.78, 5) is 0. The number of fused-ring (bicyclic) bond motifs is 1. The molecule has 0 radical (unpaired) electrons. The first-order chi connectivity index (χ1) is 8.75. The Hall–Kier alpha value is -2.02. The number of hydrogen-bond donors (Lipinski definition) is 0. The highest BCUT2D eigenvalue weighted by molar-refractivity contribution is 5.87. The fourth-order valence-electron chi connectivity index (χ4n) is 2.68. The fraction of sp³-hybridized carbons (Fsp3) is 0.176. The van der Waals surface area contributed by atoms with E-state index in [2.05, 4.69) is 73.3 Å². The molecule has 1 aromatic heterocycles. The molecule has 1 nitrogen and oxygen atoms in total. The number of benzene rings is 2. The summed E-state index contributed by atoms with van der Waals surface area (Å²) in [5.41, 5.74) is 5.46. The molecule has 1 heterocycles. The molecule has 0 fully saturated rings. The minimum Gasteiger partial charge on any atom is -0.350 e. The minimum atomic E-state index is 1.00. The van der Waals surface area contributed by atoms with Crippen LogP contribution in [0.3, 0.4) is 0 Å². The Labute approximate surface area is 108 Å². The second kappa shape index (κ2) is 4.34. The van der Waals surface area contributed by atoms with Gasteiger partial charge < -0.3 is 4.57 Å². The Morgan fingerprint density at radius 2 is 1.72 bits per heavy atom. The van der Waals surface area contributed by atoms with Crippen molar-refractivity contribution in [3.63, 3.8) is 0 Å². The zero-order valence-electron chi connectivity index (χ0n) is 10.9. The maximum atomic E-state index is 2.25. The average Bonchev–Trinajstić information content (AvgIpc) is 2.69. The van der Waals surface area contributed by atoms with Gasteiger partial charge in [-0.1, -0.05) is 42.5 Å². The van der Waals surface area contributed by atoms with Gasteiger partial charge >= 0.3 is 0 Å². The minimum absolute atomic E-state index is 1.00. The SMILES string of the molecule is Cc1cccc2c1c(Cc1ccccc1)cn2C. The van der Waals surface area contributed by atoms with Gasteiger partial charge in [-0.3, -0.25) is 0 Å². The van der Waals surface area contributed by atoms with Gasteiger partial charge in [0.25, 0.3) is 0 Å². The van der Waals surface area contributed by atoms with Crippen LogP contribution in [-0.4, -0.2) is 4.57 Å². The molecule has 0 atom stereocenters. The van der Waals surface area contributed by atoms with E-state index < -0.39 is 0 Å². The summed E-state index contributed by atoms with van der Waals surface area (Å²) in [6.45, 7) is 2.19. The summed E-state index contributed by atoms with van der Waals surface area (Å²) in [5, 5.41) is 1.41. The van der Waals surface area contributed by atoms with E-state index in [1.165, 1.54) is 27.6 Å². The fourth-order valence-corrected chi connectivity index (χ4v) is 2.68. The Morgan fingerprint density at radius 3 is 2.50 bits per heavy atom. The largest absolute Gasteiger partial charge is 0.350 e. The van der Waals surface area contributed by atoms with Gasteiger partial charge in [0.15, 0.2) is 0 Å². The predicted molar refractivity (Wildman–Crippen MR) is 76.9 cm³/mol. The first-order valence-electron chi connectivity index (χ1n) is 6.33. The van der Waals surface area contributed by atoms with Gasteiger partial charge in [0, 0.05) is 24.1 Å². The zero-order chi connectivity index (χ0) is 12.5. The Bertz CT molecular complexity index is 677. The summed E-state index contributed by atoms with van der Waals surface area (Å²) in [5.74, 6) is 0. The molecule has 3 rings (SSSR count). The Balaban J connectivity index is 2.13. The first kappa shape index (κ1) is 11.1. The van der Waals surface area contributed by atoms with Crippen LogP contribution in [0.5, 0.6) is 0 Å². The van der Waals surface area contributed by atoms with Crippen LogP contribution in [0.4, 0.5) is 0 Å². The topological polar surface area (TPSA) is 4.93 Å². The van der Waals surface area contributed by atoms with Crippen molar-refractivity contribution in [3.8, 4) is 0 Å². The van der Waals surface area contributed by atoms with Crippen molar-refractivity contribution in [2.45, 2.75) is 13.3 Å². The van der Waals surface area contributed by atoms with E-state index in [0.29, 0.717) is 0 Å². The predicted octanol–water partition coefficient (Wildman–Crippen LogP) is 4.08. The average molecular weight is 235 g/mol. The van der Waals surface area contributed by atoms with Crippen molar-refractivity contribution >= 4 is 10.9 Å². The van der Waals surface area contributed by atoms with E-state index in [4.69, 9.17) is 0 Å². The van der Waals surface area contributed by atoms with Crippen molar-refractivity contribution < 1.29 is 0 Å². The van der Waals surface area contributed by atoms with Gasteiger partial charge in [0.05, 0.1) is 0 Å². The highest BCUT2D eigenvalue weighted by Gasteiger charge is 2.08. The number of aryl methyl sites for hydroxylation is 2. The van der Waals surface area contributed by atoms with Crippen LogP contribution in [0.15, 0.2) is 54.7 Å². The molecule has 0 spiro atoms. The van der Waals surface area contributed by atoms with E-state index in [-0.39, 0.29) is 0 Å². The van der Waals surface area contributed by atoms with Crippen molar-refractivity contribution in [3.05, 3.63) is 71.4 Å². The standard InChI is InChI=1S/C17H17N/c1-13-7-6-10-16-17(13)15(12-18(16)2)11-14-8-4-3-5-9-14/h3-10,12H,11H2,1-2H3. The molecule has 18 heavy (non-hydrogen) atoms. The maximum Gasteiger partial charge on any atom is 0.0483 e. The van der Waals surface area contributed by atoms with Gasteiger partial charge in [-0.2, -0.15) is 0 Å². The van der Waals surface area contributed by atoms with Crippen LogP contribution in [0, 0.1) is 6.92 Å². The lowest BCUT2D eigenvalue weighted by molar-refractivity contribution is 0.958. The molecule has 0 aliphatic carbocycles. The normalized spacial score (nSPS) is 11.0. The number of aromatic nitrogens is 1. The van der Waals surface area contributed by atoms with Crippen LogP contribution in [-0.2, 0) is 13.5 Å². The van der Waals surface area contributed by atoms with Crippen molar-refractivity contribution in [1.29, 1.82) is 0 Å². The first-order valence-corrected chi connectivity index (χ1v) is 6.33. The molecule has 2 aromatic carbocycles. The van der Waals surface area contributed by atoms with Gasteiger partial charge in [0.2, 0.25) is 0 Å². The van der Waals surface area contributed by atoms with Crippen LogP contribution in [0.2, 0.25) is 0 Å². The van der Waals surface area contributed by atoms with E-state index in [1.807, 2.05) is 0 Å². The zero-order valence-corrected chi connectivity index (χ0v) is 10.9. The summed E-state index contributed by atoms with van der Waals surface area (Å²) >= 11 is 0. The molecule has 0 N–H and O–H groups in total. The lowest BCUT2D eigenvalue weighted by Crippen LogP contribution is -1.87. The third-order valence-electron chi connectivity index (χ3n) is 3.54. The molecule has 0 saturated carbocycles. The molecule has 1 heteroatoms. The summed E-state index contributed by atoms with van der Waals surface area (Å²) in [7, 11) is 2.12. The highest BCUT2D eigenvalue weighted by atomic mass is 14.9. The molecular weight excluding hydrogens is 218 g/mol. The van der Waals surface area contributed by atoms with E-state index in [1.54, 1.807) is 0 Å². The molecule has 0 amide bonds. The van der Waals surface area contributed by atoms with Crippen LogP contribution in [0.25, 0.3) is 10.9 Å². The molecule has 0 aliphatic heterocycles. The molecule has 0 bridgehead atoms. The monoisotopic (exact) mass is 235 g/mol. The molecular formula is C17H17N. The second-order valence-electron chi connectivity index (χ2n) is 4.90. The smallest absolute Gasteiger partial charge is 0.0483 e. The summed E-state index contributed by atoms with van der Waals surface area (Å²) < 4.78 is 2.22. The summed E-state index contributed by atoms with van der Waals surface area (Å²) in [6.07, 6.45) is 3.26. The van der Waals surface area contributed by atoms with E-state index in [9.17, 15) is 0 Å². The van der Waals surface area contributed by atoms with Crippen molar-refractivity contribution in [2.75, 3.05) is 0 Å².